The van der Waals surface area contributed by atoms with Crippen molar-refractivity contribution < 1.29 is 9.59 Å². The highest BCUT2D eigenvalue weighted by Gasteiger charge is 2.25. The predicted octanol–water partition coefficient (Wildman–Crippen LogP) is 11.3. The van der Waals surface area contributed by atoms with E-state index < -0.39 is 0 Å². The molecule has 2 fully saturated rings. The summed E-state index contributed by atoms with van der Waals surface area (Å²) in [6, 6.07) is 0. The Morgan fingerprint density at radius 1 is 0.455 bits per heavy atom. The molecule has 0 spiro atoms. The Morgan fingerprint density at radius 3 is 1.09 bits per heavy atom. The standard InChI is InChI=1S/C32H60O2.C8H18N2/c1-3-5-7-9-11-13-15-17-19-24-31(33)27-29-22-21-23-30(26-29)28-32(34)25-20-18-16-14-12-10-8-6-4-2;9-5-7-2-1-3-8(4-7)6-10/h29-30H,3-28H2,1-2H3;7-8H,1-6,9-10H2. The van der Waals surface area contributed by atoms with Gasteiger partial charge < -0.3 is 11.5 Å². The molecule has 4 unspecified atom stereocenters. The van der Waals surface area contributed by atoms with Crippen molar-refractivity contribution in [1.82, 2.24) is 0 Å². The lowest BCUT2D eigenvalue weighted by atomic mass is 9.76. The molecule has 4 N–H and O–H groups in total. The van der Waals surface area contributed by atoms with Crippen LogP contribution < -0.4 is 11.5 Å². The summed E-state index contributed by atoms with van der Waals surface area (Å²) in [7, 11) is 0. The Kier molecular flexibility index (Phi) is 27.8. The third-order valence-electron chi connectivity index (χ3n) is 10.6. The quantitative estimate of drug-likeness (QED) is 0.0944. The monoisotopic (exact) mass is 619 g/mol. The van der Waals surface area contributed by atoms with Crippen LogP contribution in [-0.4, -0.2) is 24.7 Å². The maximum atomic E-state index is 12.5. The lowest BCUT2D eigenvalue weighted by Gasteiger charge is -2.28. The molecule has 4 heteroatoms. The van der Waals surface area contributed by atoms with Gasteiger partial charge in [-0.05, 0) is 75.3 Å². The smallest absolute Gasteiger partial charge is 0.133 e. The van der Waals surface area contributed by atoms with Crippen LogP contribution in [0.2, 0.25) is 0 Å². The number of carbonyl (C=O) groups is 2. The first-order chi connectivity index (χ1) is 21.5. The third kappa shape index (κ3) is 23.6. The van der Waals surface area contributed by atoms with Crippen LogP contribution in [0, 0.1) is 23.7 Å². The maximum absolute atomic E-state index is 12.5. The fraction of sp³-hybridized carbons (Fsp3) is 0.950. The molecule has 0 aliphatic heterocycles. The lowest BCUT2D eigenvalue weighted by Crippen LogP contribution is -2.26. The summed E-state index contributed by atoms with van der Waals surface area (Å²) in [6.45, 7) is 6.25. The molecule has 0 radical (unpaired) electrons. The largest absolute Gasteiger partial charge is 0.330 e. The molecule has 0 amide bonds. The highest BCUT2D eigenvalue weighted by molar-refractivity contribution is 5.79. The van der Waals surface area contributed by atoms with Crippen LogP contribution in [-0.2, 0) is 9.59 Å². The van der Waals surface area contributed by atoms with Gasteiger partial charge in [0.2, 0.25) is 0 Å². The molecule has 2 rings (SSSR count). The van der Waals surface area contributed by atoms with Crippen molar-refractivity contribution in [3.05, 3.63) is 0 Å². The summed E-state index contributed by atoms with van der Waals surface area (Å²) in [5.41, 5.74) is 11.2. The van der Waals surface area contributed by atoms with E-state index in [1.165, 1.54) is 148 Å². The normalized spacial score (nSPS) is 21.9. The number of hydrogen-bond acceptors (Lipinski definition) is 4. The number of Topliss-reactive ketones (excluding diaryl/α,β-unsaturated/α-hetero) is 2. The highest BCUT2D eigenvalue weighted by atomic mass is 16.1. The van der Waals surface area contributed by atoms with Gasteiger partial charge >= 0.3 is 0 Å². The zero-order valence-corrected chi connectivity index (χ0v) is 29.9. The van der Waals surface area contributed by atoms with Gasteiger partial charge in [0.15, 0.2) is 0 Å². The molecule has 44 heavy (non-hydrogen) atoms. The van der Waals surface area contributed by atoms with Gasteiger partial charge in [0.1, 0.15) is 11.6 Å². The molecule has 2 aliphatic carbocycles. The molecule has 2 aliphatic rings. The van der Waals surface area contributed by atoms with Crippen molar-refractivity contribution in [3.63, 3.8) is 0 Å². The number of carbonyl (C=O) groups excluding carboxylic acids is 2. The Balaban J connectivity index is 0.000000813. The zero-order chi connectivity index (χ0) is 32.1. The number of unbranched alkanes of at least 4 members (excludes halogenated alkanes) is 16. The van der Waals surface area contributed by atoms with Gasteiger partial charge in [-0.3, -0.25) is 9.59 Å². The molecule has 0 aromatic carbocycles. The lowest BCUT2D eigenvalue weighted by molar-refractivity contribution is -0.120. The fourth-order valence-electron chi connectivity index (χ4n) is 7.72. The van der Waals surface area contributed by atoms with Gasteiger partial charge in [-0.25, -0.2) is 0 Å². The second kappa shape index (κ2) is 29.6. The molecular formula is C40H78N2O2. The van der Waals surface area contributed by atoms with E-state index in [-0.39, 0.29) is 0 Å². The maximum Gasteiger partial charge on any atom is 0.133 e. The van der Waals surface area contributed by atoms with Crippen molar-refractivity contribution in [2.24, 2.45) is 35.1 Å². The van der Waals surface area contributed by atoms with E-state index in [1.807, 2.05) is 0 Å². The summed E-state index contributed by atoms with van der Waals surface area (Å²) in [4.78, 5) is 25.0. The first kappa shape index (κ1) is 41.3. The number of ketones is 2. The van der Waals surface area contributed by atoms with Gasteiger partial charge in [-0.2, -0.15) is 0 Å². The minimum absolute atomic E-state index is 0.481. The average molecular weight is 619 g/mol. The van der Waals surface area contributed by atoms with Gasteiger partial charge in [0, 0.05) is 25.7 Å². The van der Waals surface area contributed by atoms with Crippen LogP contribution in [0.5, 0.6) is 0 Å². The van der Waals surface area contributed by atoms with E-state index in [4.69, 9.17) is 11.5 Å². The molecule has 0 saturated heterocycles. The van der Waals surface area contributed by atoms with Crippen LogP contribution in [0.3, 0.4) is 0 Å². The Bertz CT molecular complexity index is 614. The van der Waals surface area contributed by atoms with E-state index in [0.717, 1.165) is 69.9 Å². The molecule has 4 atom stereocenters. The average Bonchev–Trinajstić information content (AvgIpc) is 3.03. The molecule has 4 nitrogen and oxygen atoms in total. The van der Waals surface area contributed by atoms with E-state index in [1.54, 1.807) is 0 Å². The number of rotatable bonds is 26. The Hall–Kier alpha value is -0.740. The van der Waals surface area contributed by atoms with Crippen molar-refractivity contribution in [2.75, 3.05) is 13.1 Å². The summed E-state index contributed by atoms with van der Waals surface area (Å²) in [5.74, 6) is 3.59. The van der Waals surface area contributed by atoms with Gasteiger partial charge in [-0.15, -0.1) is 0 Å². The molecular weight excluding hydrogens is 540 g/mol. The van der Waals surface area contributed by atoms with Crippen LogP contribution in [0.1, 0.15) is 206 Å². The molecule has 0 aromatic rings. The van der Waals surface area contributed by atoms with Crippen molar-refractivity contribution >= 4 is 11.6 Å². The molecule has 0 aromatic heterocycles. The van der Waals surface area contributed by atoms with Gasteiger partial charge in [0.25, 0.3) is 0 Å². The second-order valence-electron chi connectivity index (χ2n) is 14.9. The summed E-state index contributed by atoms with van der Waals surface area (Å²) in [6.07, 6.45) is 36.7. The van der Waals surface area contributed by atoms with E-state index >= 15 is 0 Å². The summed E-state index contributed by atoms with van der Waals surface area (Å²) >= 11 is 0. The van der Waals surface area contributed by atoms with Crippen LogP contribution in [0.4, 0.5) is 0 Å². The number of nitrogens with two attached hydrogens (primary N) is 2. The second-order valence-corrected chi connectivity index (χ2v) is 14.9. The highest BCUT2D eigenvalue weighted by Crippen LogP contribution is 2.34. The molecule has 0 bridgehead atoms. The fourth-order valence-corrected chi connectivity index (χ4v) is 7.72. The Labute approximate surface area is 275 Å². The van der Waals surface area contributed by atoms with Gasteiger partial charge in [-0.1, -0.05) is 142 Å². The zero-order valence-electron chi connectivity index (χ0n) is 29.9. The minimum atomic E-state index is 0.481. The van der Waals surface area contributed by atoms with Crippen LogP contribution in [0.25, 0.3) is 0 Å². The first-order valence-electron chi connectivity index (χ1n) is 20.0. The van der Waals surface area contributed by atoms with Gasteiger partial charge in [0.05, 0.1) is 0 Å². The Morgan fingerprint density at radius 2 is 0.750 bits per heavy atom. The number of hydrogen-bond donors (Lipinski definition) is 2. The van der Waals surface area contributed by atoms with Crippen molar-refractivity contribution in [3.8, 4) is 0 Å². The third-order valence-corrected chi connectivity index (χ3v) is 10.6. The van der Waals surface area contributed by atoms with Crippen molar-refractivity contribution in [1.29, 1.82) is 0 Å². The predicted molar refractivity (Wildman–Crippen MR) is 192 cm³/mol. The topological polar surface area (TPSA) is 86.2 Å². The molecule has 0 heterocycles. The van der Waals surface area contributed by atoms with Crippen LogP contribution >= 0.6 is 0 Å². The van der Waals surface area contributed by atoms with Crippen molar-refractivity contribution in [2.45, 2.75) is 206 Å². The molecule has 2 saturated carbocycles. The minimum Gasteiger partial charge on any atom is -0.330 e. The van der Waals surface area contributed by atoms with E-state index in [0.29, 0.717) is 23.4 Å². The SMILES string of the molecule is CCCCCCCCCCCC(=O)CC1CCCC(CC(=O)CCCCCCCCCCC)C1.NCC1CCCC(CN)C1. The summed E-state index contributed by atoms with van der Waals surface area (Å²) in [5, 5.41) is 0. The van der Waals surface area contributed by atoms with E-state index in [2.05, 4.69) is 13.8 Å². The molecule has 260 valence electrons. The summed E-state index contributed by atoms with van der Waals surface area (Å²) < 4.78 is 0. The van der Waals surface area contributed by atoms with E-state index in [9.17, 15) is 9.59 Å². The van der Waals surface area contributed by atoms with Crippen LogP contribution in [0.15, 0.2) is 0 Å². The first-order valence-corrected chi connectivity index (χ1v) is 20.0.